The molecule has 3 aliphatic rings. The zero-order chi connectivity index (χ0) is 26.2. The van der Waals surface area contributed by atoms with E-state index in [9.17, 15) is 14.7 Å². The Morgan fingerprint density at radius 2 is 1.84 bits per heavy atom. The van der Waals surface area contributed by atoms with Crippen LogP contribution in [0, 0.1) is 0 Å². The summed E-state index contributed by atoms with van der Waals surface area (Å²) in [5.74, 6) is 0.775. The van der Waals surface area contributed by atoms with Crippen LogP contribution in [0.5, 0.6) is 5.75 Å². The summed E-state index contributed by atoms with van der Waals surface area (Å²) >= 11 is 0. The third kappa shape index (κ3) is 4.60. The molecular weight excluding hydrogens is 476 g/mol. The van der Waals surface area contributed by atoms with E-state index in [1.165, 1.54) is 12.7 Å². The number of aliphatic hydroxyl groups is 1. The van der Waals surface area contributed by atoms with Gasteiger partial charge in [0, 0.05) is 69.4 Å². The van der Waals surface area contributed by atoms with Gasteiger partial charge in [0.25, 0.3) is 0 Å². The van der Waals surface area contributed by atoms with Crippen LogP contribution in [0.3, 0.4) is 0 Å². The highest BCUT2D eigenvalue weighted by Gasteiger charge is 2.49. The second-order valence-corrected chi connectivity index (χ2v) is 10.4. The molecule has 0 bridgehead atoms. The number of morpholine rings is 1. The summed E-state index contributed by atoms with van der Waals surface area (Å²) in [6, 6.07) is 5.65. The highest BCUT2D eigenvalue weighted by atomic mass is 16.5. The van der Waals surface area contributed by atoms with E-state index in [-0.39, 0.29) is 30.4 Å². The summed E-state index contributed by atoms with van der Waals surface area (Å²) in [4.78, 5) is 32.2. The average molecular weight is 515 g/mol. The van der Waals surface area contributed by atoms with Crippen molar-refractivity contribution in [3.8, 4) is 5.75 Å². The Bertz CT molecular complexity index is 1150. The average Bonchev–Trinajstić information content (AvgIpc) is 3.22. The van der Waals surface area contributed by atoms with Gasteiger partial charge in [-0.25, -0.2) is 0 Å². The van der Waals surface area contributed by atoms with Crippen LogP contribution in [-0.2, 0) is 31.5 Å². The van der Waals surface area contributed by atoms with Gasteiger partial charge in [0.2, 0.25) is 11.8 Å². The number of ether oxygens (including phenoxy) is 3. The van der Waals surface area contributed by atoms with Crippen molar-refractivity contribution in [2.24, 2.45) is 7.05 Å². The van der Waals surface area contributed by atoms with Crippen molar-refractivity contribution in [1.29, 1.82) is 0 Å². The van der Waals surface area contributed by atoms with E-state index in [0.717, 1.165) is 48.3 Å². The number of nitrogens with zero attached hydrogens (tertiary/aromatic N) is 4. The number of aryl methyl sites for hydroxylation is 1. The van der Waals surface area contributed by atoms with Crippen LogP contribution in [-0.4, -0.2) is 116 Å². The van der Waals surface area contributed by atoms with Crippen LogP contribution < -0.4 is 4.74 Å². The number of methoxy groups -OCH3 is 2. The first kappa shape index (κ1) is 26.0. The molecule has 2 fully saturated rings. The minimum absolute atomic E-state index is 0.00970. The number of piperidine rings is 1. The van der Waals surface area contributed by atoms with Gasteiger partial charge in [-0.05, 0) is 30.5 Å². The molecule has 2 saturated heterocycles. The summed E-state index contributed by atoms with van der Waals surface area (Å²) in [6.07, 6.45) is 1.47. The predicted molar refractivity (Wildman–Crippen MR) is 138 cm³/mol. The number of hydrogen-bond donors (Lipinski definition) is 1. The molecule has 1 atom stereocenters. The minimum Gasteiger partial charge on any atom is -0.497 e. The topological polar surface area (TPSA) is 96.7 Å². The molecule has 5 rings (SSSR count). The van der Waals surface area contributed by atoms with Crippen molar-refractivity contribution >= 4 is 22.7 Å². The number of rotatable bonds is 6. The lowest BCUT2D eigenvalue weighted by atomic mass is 9.68. The highest BCUT2D eigenvalue weighted by molar-refractivity contribution is 5.90. The van der Waals surface area contributed by atoms with E-state index < -0.39 is 6.04 Å². The Morgan fingerprint density at radius 1 is 1.11 bits per heavy atom. The minimum atomic E-state index is -0.439. The van der Waals surface area contributed by atoms with Crippen molar-refractivity contribution < 1.29 is 28.9 Å². The maximum atomic E-state index is 13.8. The van der Waals surface area contributed by atoms with E-state index in [1.54, 1.807) is 7.11 Å². The lowest BCUT2D eigenvalue weighted by molar-refractivity contribution is -0.142. The normalized spacial score (nSPS) is 21.9. The lowest BCUT2D eigenvalue weighted by Crippen LogP contribution is -2.57. The summed E-state index contributed by atoms with van der Waals surface area (Å²) in [5.41, 5.74) is 2.87. The molecule has 202 valence electrons. The van der Waals surface area contributed by atoms with Crippen molar-refractivity contribution in [3.05, 3.63) is 29.5 Å². The molecular formula is C27H38N4O6. The summed E-state index contributed by atoms with van der Waals surface area (Å²) in [5, 5.41) is 11.8. The fourth-order valence-corrected chi connectivity index (χ4v) is 6.47. The van der Waals surface area contributed by atoms with Crippen LogP contribution in [0.25, 0.3) is 10.9 Å². The molecule has 0 unspecified atom stereocenters. The Kier molecular flexibility index (Phi) is 7.44. The Hall–Kier alpha value is -2.66. The first-order valence-corrected chi connectivity index (χ1v) is 13.1. The second kappa shape index (κ2) is 10.6. The summed E-state index contributed by atoms with van der Waals surface area (Å²) in [7, 11) is 5.19. The molecule has 0 saturated carbocycles. The standard InChI is InChI=1S/C27H38N4O6/c1-28-21-14-19(36-3)4-5-20(21)25-26(28)22(16-32)31(23(33)15-29-10-12-37-13-11-29)18-27(25)6-8-30(9-7-27)24(34)17-35-2/h4-5,14,22,32H,6-13,15-18H2,1-3H3/t22-/m1/s1. The molecule has 2 aromatic rings. The number of hydrogen-bond acceptors (Lipinski definition) is 7. The number of aliphatic hydroxyl groups excluding tert-OH is 1. The van der Waals surface area contributed by atoms with E-state index in [0.29, 0.717) is 39.4 Å². The molecule has 1 aromatic carbocycles. The van der Waals surface area contributed by atoms with Gasteiger partial charge in [-0.2, -0.15) is 0 Å². The van der Waals surface area contributed by atoms with Gasteiger partial charge < -0.3 is 33.7 Å². The van der Waals surface area contributed by atoms with Crippen molar-refractivity contribution in [2.45, 2.75) is 24.3 Å². The summed E-state index contributed by atoms with van der Waals surface area (Å²) < 4.78 is 18.2. The molecule has 10 heteroatoms. The number of aromatic nitrogens is 1. The van der Waals surface area contributed by atoms with E-state index >= 15 is 0 Å². The molecule has 2 amide bonds. The van der Waals surface area contributed by atoms with Gasteiger partial charge >= 0.3 is 0 Å². The van der Waals surface area contributed by atoms with Crippen LogP contribution >= 0.6 is 0 Å². The van der Waals surface area contributed by atoms with Crippen LogP contribution in [0.2, 0.25) is 0 Å². The lowest BCUT2D eigenvalue weighted by Gasteiger charge is -2.50. The number of amides is 2. The van der Waals surface area contributed by atoms with Crippen LogP contribution in [0.4, 0.5) is 0 Å². The smallest absolute Gasteiger partial charge is 0.248 e. The van der Waals surface area contributed by atoms with Crippen molar-refractivity contribution in [1.82, 2.24) is 19.3 Å². The van der Waals surface area contributed by atoms with E-state index in [4.69, 9.17) is 14.2 Å². The summed E-state index contributed by atoms with van der Waals surface area (Å²) in [6.45, 7) is 4.65. The maximum absolute atomic E-state index is 13.8. The van der Waals surface area contributed by atoms with E-state index in [1.807, 2.05) is 29.0 Å². The van der Waals surface area contributed by atoms with Gasteiger partial charge in [-0.1, -0.05) is 0 Å². The van der Waals surface area contributed by atoms with Gasteiger partial charge in [-0.15, -0.1) is 0 Å². The fourth-order valence-electron chi connectivity index (χ4n) is 6.47. The fraction of sp³-hybridized carbons (Fsp3) is 0.630. The number of carbonyl (C=O) groups is 2. The molecule has 1 spiro atoms. The molecule has 1 aromatic heterocycles. The van der Waals surface area contributed by atoms with E-state index in [2.05, 4.69) is 15.5 Å². The zero-order valence-electron chi connectivity index (χ0n) is 22.1. The zero-order valence-corrected chi connectivity index (χ0v) is 22.1. The molecule has 10 nitrogen and oxygen atoms in total. The third-order valence-corrected chi connectivity index (χ3v) is 8.45. The highest BCUT2D eigenvalue weighted by Crippen LogP contribution is 2.50. The Labute approximate surface area is 217 Å². The monoisotopic (exact) mass is 514 g/mol. The van der Waals surface area contributed by atoms with Gasteiger partial charge in [0.1, 0.15) is 12.4 Å². The van der Waals surface area contributed by atoms with Gasteiger partial charge in [0.05, 0.1) is 45.0 Å². The number of fused-ring (bicyclic) bond motifs is 4. The molecule has 0 radical (unpaired) electrons. The van der Waals surface area contributed by atoms with Gasteiger partial charge in [-0.3, -0.25) is 14.5 Å². The van der Waals surface area contributed by atoms with Crippen LogP contribution in [0.1, 0.15) is 30.1 Å². The predicted octanol–water partition coefficient (Wildman–Crippen LogP) is 0.901. The number of likely N-dealkylation sites (tertiary alicyclic amines) is 1. The molecule has 4 heterocycles. The Morgan fingerprint density at radius 3 is 2.49 bits per heavy atom. The number of benzene rings is 1. The molecule has 0 aliphatic carbocycles. The molecule has 1 N–H and O–H groups in total. The molecule has 37 heavy (non-hydrogen) atoms. The largest absolute Gasteiger partial charge is 0.497 e. The van der Waals surface area contributed by atoms with Crippen molar-refractivity contribution in [3.63, 3.8) is 0 Å². The number of carbonyl (C=O) groups excluding carboxylic acids is 2. The molecule has 3 aliphatic heterocycles. The van der Waals surface area contributed by atoms with Gasteiger partial charge in [0.15, 0.2) is 0 Å². The quantitative estimate of drug-likeness (QED) is 0.612. The first-order chi connectivity index (χ1) is 17.9. The first-order valence-electron chi connectivity index (χ1n) is 13.1. The maximum Gasteiger partial charge on any atom is 0.248 e. The van der Waals surface area contributed by atoms with Crippen molar-refractivity contribution in [2.75, 3.05) is 79.9 Å². The SMILES string of the molecule is COCC(=O)N1CCC2(CC1)CN(C(=O)CN1CCOCC1)[C@H](CO)c1c2c2ccc(OC)cc2n1C. The Balaban J connectivity index is 1.56. The second-order valence-electron chi connectivity index (χ2n) is 10.4. The third-order valence-electron chi connectivity index (χ3n) is 8.45. The van der Waals surface area contributed by atoms with Crippen LogP contribution in [0.15, 0.2) is 18.2 Å².